The molecule has 2 aromatic carbocycles. The van der Waals surface area contributed by atoms with Gasteiger partial charge in [0.1, 0.15) is 23.1 Å². The lowest BCUT2D eigenvalue weighted by Gasteiger charge is -2.23. The molecule has 1 N–H and O–H groups in total. The third-order valence-corrected chi connectivity index (χ3v) is 6.31. The van der Waals surface area contributed by atoms with E-state index in [1.165, 1.54) is 24.3 Å². The maximum Gasteiger partial charge on any atom is 0.573 e. The number of aryl methyl sites for hydroxylation is 1. The lowest BCUT2D eigenvalue weighted by Crippen LogP contribution is -2.31. The van der Waals surface area contributed by atoms with Crippen LogP contribution in [0.1, 0.15) is 32.8 Å². The summed E-state index contributed by atoms with van der Waals surface area (Å²) in [4.78, 5) is 11.6. The van der Waals surface area contributed by atoms with Gasteiger partial charge in [-0.15, -0.1) is 13.2 Å². The molecule has 0 aromatic heterocycles. The quantitative estimate of drug-likeness (QED) is 0.460. The Morgan fingerprint density at radius 2 is 1.66 bits per heavy atom. The lowest BCUT2D eigenvalue weighted by atomic mass is 9.81. The third-order valence-electron chi connectivity index (χ3n) is 4.89. The standard InChI is InChI=1S/C22H25F4NO4S/c1-15(20(28)21(2,3)14-23)8-9-16-10-12-17(13-11-16)27-32(29,30)19-7-5-4-6-18(19)31-22(24,25)26/h4-7,10-13,15,27H,8-9,14H2,1-3H3. The van der Waals surface area contributed by atoms with E-state index in [1.54, 1.807) is 32.9 Å². The van der Waals surface area contributed by atoms with Gasteiger partial charge in [-0.1, -0.05) is 45.0 Å². The summed E-state index contributed by atoms with van der Waals surface area (Å²) in [6.07, 6.45) is -4.02. The molecule has 5 nitrogen and oxygen atoms in total. The molecule has 10 heteroatoms. The van der Waals surface area contributed by atoms with E-state index in [4.69, 9.17) is 0 Å². The molecule has 0 saturated heterocycles. The molecular formula is C22H25F4NO4S. The number of benzene rings is 2. The van der Waals surface area contributed by atoms with Crippen molar-refractivity contribution in [3.63, 3.8) is 0 Å². The molecule has 0 bridgehead atoms. The monoisotopic (exact) mass is 475 g/mol. The molecule has 2 aromatic rings. The van der Waals surface area contributed by atoms with Crippen molar-refractivity contribution in [2.45, 2.75) is 44.9 Å². The number of Topliss-reactive ketones (excluding diaryl/α,β-unsaturated/α-hetero) is 1. The van der Waals surface area contributed by atoms with Gasteiger partial charge in [0, 0.05) is 11.6 Å². The predicted molar refractivity (Wildman–Crippen MR) is 113 cm³/mol. The Balaban J connectivity index is 2.08. The van der Waals surface area contributed by atoms with Crippen LogP contribution in [0.4, 0.5) is 23.2 Å². The molecule has 1 unspecified atom stereocenters. The van der Waals surface area contributed by atoms with Crippen molar-refractivity contribution >= 4 is 21.5 Å². The third kappa shape index (κ3) is 6.94. The van der Waals surface area contributed by atoms with Gasteiger partial charge in [-0.3, -0.25) is 13.9 Å². The summed E-state index contributed by atoms with van der Waals surface area (Å²) in [6.45, 7) is 4.13. The van der Waals surface area contributed by atoms with E-state index in [0.29, 0.717) is 12.8 Å². The first-order chi connectivity index (χ1) is 14.7. The van der Waals surface area contributed by atoms with Crippen molar-refractivity contribution in [2.75, 3.05) is 11.4 Å². The second-order valence-corrected chi connectivity index (χ2v) is 9.77. The van der Waals surface area contributed by atoms with Crippen LogP contribution in [0.5, 0.6) is 5.75 Å². The van der Waals surface area contributed by atoms with Crippen LogP contribution < -0.4 is 9.46 Å². The topological polar surface area (TPSA) is 72.5 Å². The van der Waals surface area contributed by atoms with Gasteiger partial charge in [-0.2, -0.15) is 0 Å². The maximum atomic E-state index is 13.0. The van der Waals surface area contributed by atoms with E-state index in [2.05, 4.69) is 9.46 Å². The number of halogens is 4. The van der Waals surface area contributed by atoms with Gasteiger partial charge in [-0.25, -0.2) is 8.42 Å². The smallest absolute Gasteiger partial charge is 0.404 e. The van der Waals surface area contributed by atoms with Gasteiger partial charge in [-0.05, 0) is 42.7 Å². The number of alkyl halides is 4. The van der Waals surface area contributed by atoms with Gasteiger partial charge >= 0.3 is 6.36 Å². The number of carbonyl (C=O) groups is 1. The molecule has 0 saturated carbocycles. The molecule has 2 rings (SSSR count). The van der Waals surface area contributed by atoms with Crippen LogP contribution in [0.2, 0.25) is 0 Å². The first-order valence-electron chi connectivity index (χ1n) is 9.82. The molecular weight excluding hydrogens is 450 g/mol. The summed E-state index contributed by atoms with van der Waals surface area (Å²) in [5.41, 5.74) is -0.0575. The number of ether oxygens (including phenoxy) is 1. The largest absolute Gasteiger partial charge is 0.573 e. The summed E-state index contributed by atoms with van der Waals surface area (Å²) in [5, 5.41) is 0. The number of nitrogens with one attached hydrogen (secondary N) is 1. The maximum absolute atomic E-state index is 13.0. The molecule has 0 radical (unpaired) electrons. The highest BCUT2D eigenvalue weighted by atomic mass is 32.2. The molecule has 0 aliphatic carbocycles. The van der Waals surface area contributed by atoms with E-state index < -0.39 is 39.1 Å². The van der Waals surface area contributed by atoms with Gasteiger partial charge < -0.3 is 4.74 Å². The fourth-order valence-corrected chi connectivity index (χ4v) is 4.27. The fourth-order valence-electron chi connectivity index (χ4n) is 3.08. The van der Waals surface area contributed by atoms with Crippen molar-refractivity contribution in [2.24, 2.45) is 11.3 Å². The summed E-state index contributed by atoms with van der Waals surface area (Å²) < 4.78 is 81.9. The minimum absolute atomic E-state index is 0.151. The highest BCUT2D eigenvalue weighted by molar-refractivity contribution is 7.92. The molecule has 0 fully saturated rings. The lowest BCUT2D eigenvalue weighted by molar-refractivity contribution is -0.275. The van der Waals surface area contributed by atoms with Gasteiger partial charge in [0.2, 0.25) is 0 Å². The van der Waals surface area contributed by atoms with Crippen molar-refractivity contribution in [3.8, 4) is 5.75 Å². The summed E-state index contributed by atoms with van der Waals surface area (Å²) in [6, 6.07) is 10.7. The number of hydrogen-bond donors (Lipinski definition) is 1. The number of rotatable bonds is 10. The molecule has 0 heterocycles. The van der Waals surface area contributed by atoms with Crippen LogP contribution in [-0.4, -0.2) is 27.2 Å². The van der Waals surface area contributed by atoms with Crippen molar-refractivity contribution in [1.29, 1.82) is 0 Å². The number of anilines is 1. The van der Waals surface area contributed by atoms with Crippen LogP contribution in [0.25, 0.3) is 0 Å². The highest BCUT2D eigenvalue weighted by Gasteiger charge is 2.34. The number of para-hydroxylation sites is 1. The van der Waals surface area contributed by atoms with Crippen LogP contribution in [0.15, 0.2) is 53.4 Å². The average molecular weight is 476 g/mol. The van der Waals surface area contributed by atoms with Crippen LogP contribution in [0.3, 0.4) is 0 Å². The van der Waals surface area contributed by atoms with Crippen molar-refractivity contribution in [1.82, 2.24) is 0 Å². The highest BCUT2D eigenvalue weighted by Crippen LogP contribution is 2.31. The fraction of sp³-hybridized carbons (Fsp3) is 0.409. The molecule has 0 amide bonds. The Bertz CT molecular complexity index is 1030. The van der Waals surface area contributed by atoms with Crippen LogP contribution >= 0.6 is 0 Å². The second-order valence-electron chi connectivity index (χ2n) is 8.12. The summed E-state index contributed by atoms with van der Waals surface area (Å²) in [7, 11) is -4.34. The van der Waals surface area contributed by atoms with E-state index in [0.717, 1.165) is 17.7 Å². The first kappa shape index (κ1) is 25.6. The molecule has 0 aliphatic rings. The number of ketones is 1. The Labute approximate surface area is 184 Å². The molecule has 0 aliphatic heterocycles. The predicted octanol–water partition coefficient (Wildman–Crippen LogP) is 5.52. The Kier molecular flexibility index (Phi) is 7.92. The van der Waals surface area contributed by atoms with E-state index in [9.17, 15) is 30.8 Å². The minimum atomic E-state index is -5.04. The zero-order valence-corrected chi connectivity index (χ0v) is 18.7. The van der Waals surface area contributed by atoms with Crippen LogP contribution in [-0.2, 0) is 21.2 Å². The van der Waals surface area contributed by atoms with E-state index in [1.807, 2.05) is 0 Å². The van der Waals surface area contributed by atoms with E-state index in [-0.39, 0.29) is 17.4 Å². The molecule has 32 heavy (non-hydrogen) atoms. The second kappa shape index (κ2) is 9.89. The van der Waals surface area contributed by atoms with Gasteiger partial charge in [0.25, 0.3) is 10.0 Å². The van der Waals surface area contributed by atoms with Gasteiger partial charge in [0.15, 0.2) is 0 Å². The number of carbonyl (C=O) groups excluding carboxylic acids is 1. The first-order valence-corrected chi connectivity index (χ1v) is 11.3. The summed E-state index contributed by atoms with van der Waals surface area (Å²) >= 11 is 0. The SMILES string of the molecule is CC(CCc1ccc(NS(=O)(=O)c2ccccc2OC(F)(F)F)cc1)C(=O)C(C)(C)CF. The molecule has 176 valence electrons. The van der Waals surface area contributed by atoms with Crippen molar-refractivity contribution < 1.29 is 35.5 Å². The minimum Gasteiger partial charge on any atom is -0.404 e. The molecule has 0 spiro atoms. The number of sulfonamides is 1. The van der Waals surface area contributed by atoms with Crippen LogP contribution in [0, 0.1) is 11.3 Å². The zero-order chi connectivity index (χ0) is 24.2. The van der Waals surface area contributed by atoms with E-state index >= 15 is 0 Å². The average Bonchev–Trinajstić information content (AvgIpc) is 2.71. The zero-order valence-electron chi connectivity index (χ0n) is 17.9. The summed E-state index contributed by atoms with van der Waals surface area (Å²) in [5.74, 6) is -1.34. The Morgan fingerprint density at radius 3 is 2.22 bits per heavy atom. The van der Waals surface area contributed by atoms with Crippen molar-refractivity contribution in [3.05, 3.63) is 54.1 Å². The Morgan fingerprint density at radius 1 is 1.06 bits per heavy atom. The normalized spacial score (nSPS) is 13.5. The number of hydrogen-bond acceptors (Lipinski definition) is 4. The molecule has 1 atom stereocenters. The van der Waals surface area contributed by atoms with Gasteiger partial charge in [0.05, 0.1) is 5.41 Å². The Hall–Kier alpha value is -2.62.